The van der Waals surface area contributed by atoms with Gasteiger partial charge in [0.25, 0.3) is 11.8 Å². The summed E-state index contributed by atoms with van der Waals surface area (Å²) in [6.07, 6.45) is 2.00. The first-order valence-electron chi connectivity index (χ1n) is 7.38. The van der Waals surface area contributed by atoms with E-state index in [1.54, 1.807) is 30.3 Å². The second-order valence-electron chi connectivity index (χ2n) is 5.56. The number of nitrogens with zero attached hydrogens (tertiary/aromatic N) is 1. The summed E-state index contributed by atoms with van der Waals surface area (Å²) in [5.41, 5.74) is 1.94. The van der Waals surface area contributed by atoms with E-state index >= 15 is 0 Å². The van der Waals surface area contributed by atoms with Crippen molar-refractivity contribution in [1.82, 2.24) is 10.3 Å². The summed E-state index contributed by atoms with van der Waals surface area (Å²) in [5.74, 6) is -0.549. The molecule has 6 heteroatoms. The number of aryl methyl sites for hydroxylation is 1. The molecule has 0 spiro atoms. The summed E-state index contributed by atoms with van der Waals surface area (Å²) in [5, 5.41) is 5.98. The topological polar surface area (TPSA) is 71.1 Å². The van der Waals surface area contributed by atoms with Crippen LogP contribution < -0.4 is 10.6 Å². The summed E-state index contributed by atoms with van der Waals surface area (Å²) < 4.78 is 0. The van der Waals surface area contributed by atoms with E-state index in [4.69, 9.17) is 11.6 Å². The largest absolute Gasteiger partial charge is 0.349 e. The maximum absolute atomic E-state index is 12.2. The smallest absolute Gasteiger partial charge is 0.274 e. The lowest BCUT2D eigenvalue weighted by molar-refractivity contribution is 0.0949. The van der Waals surface area contributed by atoms with Gasteiger partial charge in [-0.1, -0.05) is 17.7 Å². The predicted molar refractivity (Wildman–Crippen MR) is 88.9 cm³/mol. The highest BCUT2D eigenvalue weighted by Crippen LogP contribution is 2.24. The average Bonchev–Trinajstić information content (AvgIpc) is 3.33. The maximum Gasteiger partial charge on any atom is 0.274 e. The highest BCUT2D eigenvalue weighted by atomic mass is 35.5. The van der Waals surface area contributed by atoms with Crippen LogP contribution in [-0.2, 0) is 0 Å². The van der Waals surface area contributed by atoms with Crippen LogP contribution in [0.4, 0.5) is 5.69 Å². The Morgan fingerprint density at radius 2 is 1.96 bits per heavy atom. The number of halogens is 1. The number of carbonyl (C=O) groups excluding carboxylic acids is 2. The minimum Gasteiger partial charge on any atom is -0.349 e. The van der Waals surface area contributed by atoms with E-state index in [1.165, 1.54) is 0 Å². The molecule has 1 saturated carbocycles. The number of carbonyl (C=O) groups is 2. The average molecular weight is 330 g/mol. The van der Waals surface area contributed by atoms with Gasteiger partial charge in [0.05, 0.1) is 10.6 Å². The molecular formula is C17H16ClN3O2. The van der Waals surface area contributed by atoms with E-state index in [-0.39, 0.29) is 17.9 Å². The van der Waals surface area contributed by atoms with Crippen LogP contribution in [0, 0.1) is 6.92 Å². The Labute approximate surface area is 139 Å². The first-order valence-corrected chi connectivity index (χ1v) is 7.76. The fourth-order valence-corrected chi connectivity index (χ4v) is 2.34. The molecule has 118 valence electrons. The summed E-state index contributed by atoms with van der Waals surface area (Å²) in [6.45, 7) is 1.82. The third-order valence-electron chi connectivity index (χ3n) is 3.50. The molecule has 23 heavy (non-hydrogen) atoms. The lowest BCUT2D eigenvalue weighted by Crippen LogP contribution is -2.25. The van der Waals surface area contributed by atoms with Crippen LogP contribution in [0.1, 0.15) is 39.4 Å². The highest BCUT2D eigenvalue weighted by Gasteiger charge is 2.25. The first-order chi connectivity index (χ1) is 11.0. The Kier molecular flexibility index (Phi) is 4.30. The molecule has 1 fully saturated rings. The van der Waals surface area contributed by atoms with Gasteiger partial charge in [-0.05, 0) is 50.1 Å². The zero-order valence-corrected chi connectivity index (χ0v) is 13.4. The molecule has 1 aromatic heterocycles. The third-order valence-corrected chi connectivity index (χ3v) is 3.83. The number of nitrogens with one attached hydrogen (secondary N) is 2. The molecule has 0 radical (unpaired) electrons. The minimum atomic E-state index is -0.329. The molecule has 1 aromatic carbocycles. The monoisotopic (exact) mass is 329 g/mol. The van der Waals surface area contributed by atoms with Gasteiger partial charge in [-0.15, -0.1) is 0 Å². The Hall–Kier alpha value is -2.40. The summed E-state index contributed by atoms with van der Waals surface area (Å²) in [4.78, 5) is 28.5. The van der Waals surface area contributed by atoms with E-state index in [0.717, 1.165) is 18.5 Å². The van der Waals surface area contributed by atoms with Crippen LogP contribution in [0.3, 0.4) is 0 Å². The first kappa shape index (κ1) is 15.5. The van der Waals surface area contributed by atoms with Crippen LogP contribution in [0.25, 0.3) is 0 Å². The van der Waals surface area contributed by atoms with Crippen LogP contribution in [0.15, 0.2) is 36.4 Å². The van der Waals surface area contributed by atoms with Gasteiger partial charge in [-0.25, -0.2) is 4.98 Å². The molecule has 2 amide bonds. The summed E-state index contributed by atoms with van der Waals surface area (Å²) >= 11 is 6.08. The maximum atomic E-state index is 12.2. The van der Waals surface area contributed by atoms with Crippen molar-refractivity contribution in [1.29, 1.82) is 0 Å². The summed E-state index contributed by atoms with van der Waals surface area (Å²) in [6, 6.07) is 10.3. The SMILES string of the molecule is Cc1cccc(C(=O)Nc2ccc(Cl)c(C(=O)NC3CC3)c2)n1. The molecule has 1 heterocycles. The highest BCUT2D eigenvalue weighted by molar-refractivity contribution is 6.34. The van der Waals surface area contributed by atoms with Gasteiger partial charge in [0.1, 0.15) is 5.69 Å². The molecular weight excluding hydrogens is 314 g/mol. The molecule has 2 aromatic rings. The Morgan fingerprint density at radius 1 is 1.17 bits per heavy atom. The fraction of sp³-hybridized carbons (Fsp3) is 0.235. The van der Waals surface area contributed by atoms with Crippen LogP contribution in [0.2, 0.25) is 5.02 Å². The van der Waals surface area contributed by atoms with Crippen molar-refractivity contribution in [3.63, 3.8) is 0 Å². The quantitative estimate of drug-likeness (QED) is 0.905. The molecule has 1 aliphatic rings. The van der Waals surface area contributed by atoms with Gasteiger partial charge in [0.2, 0.25) is 0 Å². The Morgan fingerprint density at radius 3 is 2.65 bits per heavy atom. The van der Waals surface area contributed by atoms with E-state index in [1.807, 2.05) is 13.0 Å². The van der Waals surface area contributed by atoms with Gasteiger partial charge >= 0.3 is 0 Å². The Balaban J connectivity index is 1.77. The van der Waals surface area contributed by atoms with Gasteiger partial charge in [-0.2, -0.15) is 0 Å². The number of benzene rings is 1. The second-order valence-corrected chi connectivity index (χ2v) is 5.97. The second kappa shape index (κ2) is 6.38. The van der Waals surface area contributed by atoms with E-state index in [0.29, 0.717) is 22.0 Å². The normalized spacial score (nSPS) is 13.5. The summed E-state index contributed by atoms with van der Waals surface area (Å²) in [7, 11) is 0. The number of amides is 2. The number of pyridine rings is 1. The van der Waals surface area contributed by atoms with Gasteiger partial charge in [0.15, 0.2) is 0 Å². The van der Waals surface area contributed by atoms with Crippen molar-refractivity contribution in [2.45, 2.75) is 25.8 Å². The van der Waals surface area contributed by atoms with E-state index < -0.39 is 0 Å². The van der Waals surface area contributed by atoms with Crippen molar-refractivity contribution >= 4 is 29.1 Å². The van der Waals surface area contributed by atoms with Crippen molar-refractivity contribution in [2.75, 3.05) is 5.32 Å². The number of hydrogen-bond acceptors (Lipinski definition) is 3. The lowest BCUT2D eigenvalue weighted by Gasteiger charge is -2.09. The van der Waals surface area contributed by atoms with Crippen molar-refractivity contribution in [3.05, 3.63) is 58.4 Å². The zero-order chi connectivity index (χ0) is 16.4. The standard InChI is InChI=1S/C17H16ClN3O2/c1-10-3-2-4-15(19-10)17(23)21-12-7-8-14(18)13(9-12)16(22)20-11-5-6-11/h2-4,7-9,11H,5-6H2,1H3,(H,20,22)(H,21,23). The van der Waals surface area contributed by atoms with Gasteiger partial charge in [0, 0.05) is 17.4 Å². The van der Waals surface area contributed by atoms with Crippen molar-refractivity contribution < 1.29 is 9.59 Å². The van der Waals surface area contributed by atoms with Crippen LogP contribution >= 0.6 is 11.6 Å². The molecule has 3 rings (SSSR count). The number of aromatic nitrogens is 1. The van der Waals surface area contributed by atoms with Crippen molar-refractivity contribution in [2.24, 2.45) is 0 Å². The van der Waals surface area contributed by atoms with Gasteiger partial charge in [-0.3, -0.25) is 9.59 Å². The molecule has 5 nitrogen and oxygen atoms in total. The number of rotatable bonds is 4. The van der Waals surface area contributed by atoms with E-state index in [2.05, 4.69) is 15.6 Å². The molecule has 0 saturated heterocycles. The van der Waals surface area contributed by atoms with Crippen LogP contribution in [0.5, 0.6) is 0 Å². The molecule has 2 N–H and O–H groups in total. The minimum absolute atomic E-state index is 0.220. The molecule has 0 aliphatic heterocycles. The van der Waals surface area contributed by atoms with Gasteiger partial charge < -0.3 is 10.6 Å². The van der Waals surface area contributed by atoms with Crippen molar-refractivity contribution in [3.8, 4) is 0 Å². The van der Waals surface area contributed by atoms with Crippen LogP contribution in [-0.4, -0.2) is 22.8 Å². The number of hydrogen-bond donors (Lipinski definition) is 2. The molecule has 0 unspecified atom stereocenters. The van der Waals surface area contributed by atoms with E-state index in [9.17, 15) is 9.59 Å². The molecule has 1 aliphatic carbocycles. The fourth-order valence-electron chi connectivity index (χ4n) is 2.13. The Bertz CT molecular complexity index is 772. The molecule has 0 atom stereocenters. The lowest BCUT2D eigenvalue weighted by atomic mass is 10.1. The predicted octanol–water partition coefficient (Wildman–Crippen LogP) is 3.19. The molecule has 0 bridgehead atoms. The number of anilines is 1. The third kappa shape index (κ3) is 3.87. The zero-order valence-electron chi connectivity index (χ0n) is 12.6.